The molecular formula is C14H20Cl2N4OS. The molecule has 2 rings (SSSR count). The van der Waals surface area contributed by atoms with Crippen molar-refractivity contribution in [2.24, 2.45) is 11.6 Å². The topological polar surface area (TPSA) is 87.5 Å². The number of benzene rings is 1. The number of halogens is 2. The van der Waals surface area contributed by atoms with Gasteiger partial charge in [0.2, 0.25) is 0 Å². The molecule has 1 aliphatic heterocycles. The van der Waals surface area contributed by atoms with E-state index in [1.807, 2.05) is 12.1 Å². The Morgan fingerprint density at radius 1 is 1.27 bits per heavy atom. The minimum Gasteiger partial charge on any atom is -0.392 e. The Morgan fingerprint density at radius 2 is 1.86 bits per heavy atom. The normalized spacial score (nSPS) is 17.4. The molecule has 0 amide bonds. The number of hydrogen-bond donors (Lipinski definition) is 4. The third-order valence-corrected chi connectivity index (χ3v) is 5.32. The predicted octanol–water partition coefficient (Wildman–Crippen LogP) is 2.28. The maximum Gasteiger partial charge on any atom is 0.0889 e. The fourth-order valence-corrected chi connectivity index (χ4v) is 3.98. The Labute approximate surface area is 144 Å². The first-order chi connectivity index (χ1) is 10.5. The molecule has 0 radical (unpaired) electrons. The summed E-state index contributed by atoms with van der Waals surface area (Å²) >= 11 is 13.7. The van der Waals surface area contributed by atoms with Gasteiger partial charge in [0.05, 0.1) is 17.3 Å². The van der Waals surface area contributed by atoms with Crippen molar-refractivity contribution < 1.29 is 5.11 Å². The van der Waals surface area contributed by atoms with Gasteiger partial charge in [0, 0.05) is 34.1 Å². The standard InChI is InChI=1S/C14H20Cl2N4OS/c15-9-5-10(16)7-11(6-9)20-3-1-12(2-4-20)22-14(17)13(8-21)19-18/h5-7,12,19,21H,1-4,8,17-18H2/b14-13+. The third kappa shape index (κ3) is 4.60. The number of hydrazine groups is 1. The van der Waals surface area contributed by atoms with Gasteiger partial charge in [-0.1, -0.05) is 23.2 Å². The Balaban J connectivity index is 1.94. The second kappa shape index (κ2) is 8.17. The molecule has 1 aromatic rings. The van der Waals surface area contributed by atoms with Crippen LogP contribution in [0.25, 0.3) is 0 Å². The maximum atomic E-state index is 9.14. The van der Waals surface area contributed by atoms with Gasteiger partial charge in [0.1, 0.15) is 0 Å². The first-order valence-electron chi connectivity index (χ1n) is 6.97. The van der Waals surface area contributed by atoms with E-state index in [2.05, 4.69) is 10.3 Å². The van der Waals surface area contributed by atoms with Crippen LogP contribution in [-0.4, -0.2) is 30.1 Å². The van der Waals surface area contributed by atoms with Gasteiger partial charge in [0.15, 0.2) is 0 Å². The molecule has 8 heteroatoms. The summed E-state index contributed by atoms with van der Waals surface area (Å²) in [6, 6.07) is 5.59. The second-order valence-corrected chi connectivity index (χ2v) is 7.29. The van der Waals surface area contributed by atoms with Crippen LogP contribution in [0.3, 0.4) is 0 Å². The van der Waals surface area contributed by atoms with E-state index in [1.165, 1.54) is 0 Å². The highest BCUT2D eigenvalue weighted by molar-refractivity contribution is 8.03. The van der Waals surface area contributed by atoms with Crippen LogP contribution in [0.15, 0.2) is 28.9 Å². The van der Waals surface area contributed by atoms with Gasteiger partial charge in [-0.2, -0.15) is 0 Å². The van der Waals surface area contributed by atoms with Crippen molar-refractivity contribution >= 4 is 40.7 Å². The number of nitrogens with one attached hydrogen (secondary N) is 1. The highest BCUT2D eigenvalue weighted by Crippen LogP contribution is 2.32. The van der Waals surface area contributed by atoms with Gasteiger partial charge in [-0.05, 0) is 31.0 Å². The average molecular weight is 363 g/mol. The van der Waals surface area contributed by atoms with Crippen LogP contribution < -0.4 is 21.9 Å². The molecule has 1 saturated heterocycles. The lowest BCUT2D eigenvalue weighted by Crippen LogP contribution is -2.35. The SMILES string of the molecule is NN/C(CO)=C(\N)SC1CCN(c2cc(Cl)cc(Cl)c2)CC1. The number of nitrogens with two attached hydrogens (primary N) is 2. The molecule has 0 aromatic heterocycles. The number of piperidine rings is 1. The molecule has 1 aliphatic rings. The molecule has 0 saturated carbocycles. The summed E-state index contributed by atoms with van der Waals surface area (Å²) in [5.74, 6) is 5.32. The lowest BCUT2D eigenvalue weighted by molar-refractivity contribution is 0.321. The number of anilines is 1. The van der Waals surface area contributed by atoms with Crippen LogP contribution in [0, 0.1) is 0 Å². The van der Waals surface area contributed by atoms with Crippen LogP contribution in [-0.2, 0) is 0 Å². The zero-order valence-corrected chi connectivity index (χ0v) is 14.4. The predicted molar refractivity (Wildman–Crippen MR) is 94.9 cm³/mol. The molecule has 22 heavy (non-hydrogen) atoms. The van der Waals surface area contributed by atoms with E-state index in [1.54, 1.807) is 17.8 Å². The summed E-state index contributed by atoms with van der Waals surface area (Å²) in [6.45, 7) is 1.63. The van der Waals surface area contributed by atoms with Crippen molar-refractivity contribution in [1.29, 1.82) is 0 Å². The molecule has 0 aliphatic carbocycles. The van der Waals surface area contributed by atoms with Crippen LogP contribution >= 0.6 is 35.0 Å². The molecule has 1 fully saturated rings. The van der Waals surface area contributed by atoms with Crippen molar-refractivity contribution in [3.05, 3.63) is 39.0 Å². The minimum absolute atomic E-state index is 0.185. The molecule has 0 atom stereocenters. The lowest BCUT2D eigenvalue weighted by atomic mass is 10.1. The minimum atomic E-state index is -0.185. The first kappa shape index (κ1) is 17.6. The fourth-order valence-electron chi connectivity index (χ4n) is 2.40. The van der Waals surface area contributed by atoms with E-state index in [0.29, 0.717) is 26.0 Å². The summed E-state index contributed by atoms with van der Waals surface area (Å²) in [6.07, 6.45) is 1.97. The summed E-state index contributed by atoms with van der Waals surface area (Å²) in [5, 5.41) is 11.4. The summed E-state index contributed by atoms with van der Waals surface area (Å²) in [7, 11) is 0. The monoisotopic (exact) mass is 362 g/mol. The van der Waals surface area contributed by atoms with Gasteiger partial charge in [-0.25, -0.2) is 0 Å². The Hall–Kier alpha value is -0.790. The highest BCUT2D eigenvalue weighted by Gasteiger charge is 2.21. The van der Waals surface area contributed by atoms with E-state index in [9.17, 15) is 0 Å². The summed E-state index contributed by atoms with van der Waals surface area (Å²) in [5.41, 5.74) is 9.89. The Bertz CT molecular complexity index is 521. The van der Waals surface area contributed by atoms with E-state index < -0.39 is 0 Å². The zero-order valence-electron chi connectivity index (χ0n) is 12.1. The molecule has 5 nitrogen and oxygen atoms in total. The lowest BCUT2D eigenvalue weighted by Gasteiger charge is -2.33. The second-order valence-electron chi connectivity index (χ2n) is 5.08. The molecular weight excluding hydrogens is 343 g/mol. The van der Waals surface area contributed by atoms with Gasteiger partial charge in [-0.3, -0.25) is 5.84 Å². The van der Waals surface area contributed by atoms with Crippen molar-refractivity contribution in [3.8, 4) is 0 Å². The Morgan fingerprint density at radius 3 is 2.36 bits per heavy atom. The number of nitrogens with zero attached hydrogens (tertiary/aromatic N) is 1. The van der Waals surface area contributed by atoms with Gasteiger partial charge in [-0.15, -0.1) is 11.8 Å². The highest BCUT2D eigenvalue weighted by atomic mass is 35.5. The van der Waals surface area contributed by atoms with Crippen molar-refractivity contribution in [3.63, 3.8) is 0 Å². The Kier molecular flexibility index (Phi) is 6.52. The van der Waals surface area contributed by atoms with Crippen LogP contribution in [0.2, 0.25) is 10.0 Å². The molecule has 0 bridgehead atoms. The zero-order chi connectivity index (χ0) is 16.1. The number of thioether (sulfide) groups is 1. The van der Waals surface area contributed by atoms with E-state index in [4.69, 9.17) is 39.9 Å². The van der Waals surface area contributed by atoms with Crippen molar-refractivity contribution in [2.75, 3.05) is 24.6 Å². The molecule has 122 valence electrons. The van der Waals surface area contributed by atoms with Crippen LogP contribution in [0.4, 0.5) is 5.69 Å². The fraction of sp³-hybridized carbons (Fsp3) is 0.429. The maximum absolute atomic E-state index is 9.14. The summed E-state index contributed by atoms with van der Waals surface area (Å²) < 4.78 is 0. The molecule has 6 N–H and O–H groups in total. The largest absolute Gasteiger partial charge is 0.392 e. The molecule has 1 heterocycles. The average Bonchev–Trinajstić information content (AvgIpc) is 2.48. The van der Waals surface area contributed by atoms with Crippen LogP contribution in [0.1, 0.15) is 12.8 Å². The third-order valence-electron chi connectivity index (χ3n) is 3.58. The summed E-state index contributed by atoms with van der Waals surface area (Å²) in [4.78, 5) is 2.27. The van der Waals surface area contributed by atoms with Gasteiger partial charge < -0.3 is 21.2 Å². The van der Waals surface area contributed by atoms with E-state index >= 15 is 0 Å². The van der Waals surface area contributed by atoms with Crippen LogP contribution in [0.5, 0.6) is 0 Å². The van der Waals surface area contributed by atoms with Gasteiger partial charge in [0.25, 0.3) is 0 Å². The number of rotatable bonds is 5. The quantitative estimate of drug-likeness (QED) is 0.474. The number of hydrogen-bond acceptors (Lipinski definition) is 6. The van der Waals surface area contributed by atoms with E-state index in [-0.39, 0.29) is 6.61 Å². The van der Waals surface area contributed by atoms with Crippen molar-refractivity contribution in [1.82, 2.24) is 5.43 Å². The van der Waals surface area contributed by atoms with Crippen molar-refractivity contribution in [2.45, 2.75) is 18.1 Å². The molecule has 1 aromatic carbocycles. The first-order valence-corrected chi connectivity index (χ1v) is 8.61. The molecule has 0 spiro atoms. The van der Waals surface area contributed by atoms with Gasteiger partial charge >= 0.3 is 0 Å². The number of aliphatic hydroxyl groups excluding tert-OH is 1. The van der Waals surface area contributed by atoms with E-state index in [0.717, 1.165) is 31.6 Å². The molecule has 0 unspecified atom stereocenters. The number of aliphatic hydroxyl groups is 1. The smallest absolute Gasteiger partial charge is 0.0889 e.